The van der Waals surface area contributed by atoms with E-state index in [0.717, 1.165) is 13.2 Å². The lowest BCUT2D eigenvalue weighted by atomic mass is 10.1. The van der Waals surface area contributed by atoms with Gasteiger partial charge in [0, 0.05) is 11.8 Å². The molecular formula is C19H20N2O8. The van der Waals surface area contributed by atoms with Crippen molar-refractivity contribution in [1.82, 2.24) is 4.98 Å². The Morgan fingerprint density at radius 3 is 2.28 bits per heavy atom. The zero-order valence-electron chi connectivity index (χ0n) is 16.5. The third kappa shape index (κ3) is 4.26. The minimum absolute atomic E-state index is 0.0240. The number of methoxy groups -OCH3 is 2. The second kappa shape index (κ2) is 8.55. The van der Waals surface area contributed by atoms with E-state index in [4.69, 9.17) is 9.47 Å². The Kier molecular flexibility index (Phi) is 6.37. The Balaban J connectivity index is 2.34. The van der Waals surface area contributed by atoms with Crippen LogP contribution in [0.3, 0.4) is 0 Å². The summed E-state index contributed by atoms with van der Waals surface area (Å²) in [6.07, 6.45) is -1.11. The number of carbonyl (C=O) groups excluding carboxylic acids is 3. The number of hydrogen-bond donors (Lipinski definition) is 1. The van der Waals surface area contributed by atoms with Gasteiger partial charge in [0.15, 0.2) is 11.9 Å². The van der Waals surface area contributed by atoms with Crippen molar-refractivity contribution in [3.05, 3.63) is 56.4 Å². The molecule has 0 amide bonds. The first kappa shape index (κ1) is 21.6. The van der Waals surface area contributed by atoms with E-state index in [0.29, 0.717) is 11.3 Å². The molecule has 29 heavy (non-hydrogen) atoms. The van der Waals surface area contributed by atoms with Crippen LogP contribution in [-0.2, 0) is 9.47 Å². The van der Waals surface area contributed by atoms with Crippen LogP contribution in [0.2, 0.25) is 0 Å². The fourth-order valence-electron chi connectivity index (χ4n) is 2.86. The summed E-state index contributed by atoms with van der Waals surface area (Å²) < 4.78 is 14.8. The number of nitro benzene ring substituents is 1. The highest BCUT2D eigenvalue weighted by molar-refractivity contribution is 6.03. The Labute approximate surface area is 165 Å². The second-order valence-corrected chi connectivity index (χ2v) is 6.17. The number of aryl methyl sites for hydroxylation is 1. The largest absolute Gasteiger partial charge is 0.475 e. The summed E-state index contributed by atoms with van der Waals surface area (Å²) in [5.74, 6) is -2.01. The second-order valence-electron chi connectivity index (χ2n) is 6.17. The molecule has 10 nitrogen and oxygen atoms in total. The monoisotopic (exact) mass is 404 g/mol. The minimum atomic E-state index is -1.11. The maximum Gasteiger partial charge on any atom is 0.339 e. The van der Waals surface area contributed by atoms with Crippen molar-refractivity contribution in [2.45, 2.75) is 26.9 Å². The first-order chi connectivity index (χ1) is 13.6. The van der Waals surface area contributed by atoms with Gasteiger partial charge >= 0.3 is 17.6 Å². The zero-order chi connectivity index (χ0) is 21.9. The van der Waals surface area contributed by atoms with E-state index in [1.807, 2.05) is 0 Å². The van der Waals surface area contributed by atoms with Crippen LogP contribution in [0, 0.1) is 24.0 Å². The molecule has 1 N–H and O–H groups in total. The molecule has 0 fully saturated rings. The summed E-state index contributed by atoms with van der Waals surface area (Å²) >= 11 is 0. The van der Waals surface area contributed by atoms with Crippen molar-refractivity contribution in [2.24, 2.45) is 0 Å². The number of H-pyrrole nitrogens is 1. The molecule has 0 radical (unpaired) electrons. The number of benzene rings is 1. The van der Waals surface area contributed by atoms with Gasteiger partial charge in [0.05, 0.1) is 36.0 Å². The number of nitro groups is 1. The number of Topliss-reactive ketones (excluding diaryl/α,β-unsaturated/α-hetero) is 1. The minimum Gasteiger partial charge on any atom is -0.475 e. The lowest BCUT2D eigenvalue weighted by Crippen LogP contribution is -2.25. The van der Waals surface area contributed by atoms with Gasteiger partial charge in [0.2, 0.25) is 5.78 Å². The molecule has 0 bridgehead atoms. The SMILES string of the molecule is COC(=O)c1ccc(O[C@H](C)C(=O)c2[nH]c(C)c(C(=O)OC)c2C)c([N+](=O)[O-])c1. The van der Waals surface area contributed by atoms with E-state index in [9.17, 15) is 24.5 Å². The highest BCUT2D eigenvalue weighted by atomic mass is 16.6. The van der Waals surface area contributed by atoms with Crippen molar-refractivity contribution in [3.8, 4) is 5.75 Å². The van der Waals surface area contributed by atoms with Crippen LogP contribution in [0.5, 0.6) is 5.75 Å². The van der Waals surface area contributed by atoms with Crippen molar-refractivity contribution >= 4 is 23.4 Å². The first-order valence-electron chi connectivity index (χ1n) is 8.47. The number of ketones is 1. The van der Waals surface area contributed by atoms with Gasteiger partial charge in [0.25, 0.3) is 0 Å². The highest BCUT2D eigenvalue weighted by Crippen LogP contribution is 2.30. The van der Waals surface area contributed by atoms with Gasteiger partial charge in [-0.2, -0.15) is 0 Å². The summed E-state index contributed by atoms with van der Waals surface area (Å²) in [7, 11) is 2.39. The van der Waals surface area contributed by atoms with E-state index in [-0.39, 0.29) is 22.6 Å². The average Bonchev–Trinajstić information content (AvgIpc) is 3.00. The van der Waals surface area contributed by atoms with Crippen LogP contribution in [-0.4, -0.2) is 48.0 Å². The summed E-state index contributed by atoms with van der Waals surface area (Å²) in [5.41, 5.74) is 0.732. The summed E-state index contributed by atoms with van der Waals surface area (Å²) in [4.78, 5) is 49.7. The lowest BCUT2D eigenvalue weighted by molar-refractivity contribution is -0.386. The van der Waals surface area contributed by atoms with E-state index in [1.54, 1.807) is 13.8 Å². The predicted molar refractivity (Wildman–Crippen MR) is 100 cm³/mol. The van der Waals surface area contributed by atoms with E-state index < -0.39 is 34.4 Å². The molecule has 0 spiro atoms. The summed E-state index contributed by atoms with van der Waals surface area (Å²) in [6.45, 7) is 4.63. The quantitative estimate of drug-likeness (QED) is 0.322. The first-order valence-corrected chi connectivity index (χ1v) is 8.47. The third-order valence-corrected chi connectivity index (χ3v) is 4.32. The third-order valence-electron chi connectivity index (χ3n) is 4.32. The van der Waals surface area contributed by atoms with Crippen LogP contribution in [0.25, 0.3) is 0 Å². The summed E-state index contributed by atoms with van der Waals surface area (Å²) in [6, 6.07) is 3.53. The van der Waals surface area contributed by atoms with Gasteiger partial charge in [-0.25, -0.2) is 9.59 Å². The zero-order valence-corrected chi connectivity index (χ0v) is 16.5. The Hall–Kier alpha value is -3.69. The molecule has 2 aromatic rings. The fourth-order valence-corrected chi connectivity index (χ4v) is 2.86. The molecule has 1 aromatic carbocycles. The molecule has 1 atom stereocenters. The van der Waals surface area contributed by atoms with Gasteiger partial charge < -0.3 is 19.2 Å². The molecule has 0 saturated carbocycles. The normalized spacial score (nSPS) is 11.5. The van der Waals surface area contributed by atoms with Crippen LogP contribution in [0.1, 0.15) is 49.4 Å². The number of aromatic amines is 1. The fraction of sp³-hybridized carbons (Fsp3) is 0.316. The van der Waals surface area contributed by atoms with E-state index >= 15 is 0 Å². The molecule has 0 unspecified atom stereocenters. The topological polar surface area (TPSA) is 138 Å². The molecule has 0 aliphatic heterocycles. The number of ether oxygens (including phenoxy) is 3. The molecule has 2 rings (SSSR count). The van der Waals surface area contributed by atoms with Crippen LogP contribution in [0.4, 0.5) is 5.69 Å². The Bertz CT molecular complexity index is 992. The molecule has 10 heteroatoms. The van der Waals surface area contributed by atoms with Crippen molar-refractivity contribution in [2.75, 3.05) is 14.2 Å². The molecule has 0 aliphatic carbocycles. The number of aromatic nitrogens is 1. The smallest absolute Gasteiger partial charge is 0.339 e. The van der Waals surface area contributed by atoms with Crippen molar-refractivity contribution in [3.63, 3.8) is 0 Å². The van der Waals surface area contributed by atoms with Crippen molar-refractivity contribution in [1.29, 1.82) is 0 Å². The number of rotatable bonds is 7. The number of hydrogen-bond acceptors (Lipinski definition) is 8. The molecule has 1 heterocycles. The number of carbonyl (C=O) groups is 3. The molecule has 154 valence electrons. The van der Waals surface area contributed by atoms with Gasteiger partial charge in [-0.1, -0.05) is 0 Å². The lowest BCUT2D eigenvalue weighted by Gasteiger charge is -2.14. The Morgan fingerprint density at radius 2 is 1.72 bits per heavy atom. The van der Waals surface area contributed by atoms with Crippen molar-refractivity contribution < 1.29 is 33.5 Å². The van der Waals surface area contributed by atoms with Crippen LogP contribution < -0.4 is 4.74 Å². The van der Waals surface area contributed by atoms with E-state index in [1.165, 1.54) is 26.2 Å². The Morgan fingerprint density at radius 1 is 1.10 bits per heavy atom. The summed E-state index contributed by atoms with van der Waals surface area (Å²) in [5, 5.41) is 11.3. The highest BCUT2D eigenvalue weighted by Gasteiger charge is 2.28. The molecular weight excluding hydrogens is 384 g/mol. The maximum absolute atomic E-state index is 12.8. The molecule has 0 saturated heterocycles. The van der Waals surface area contributed by atoms with E-state index in [2.05, 4.69) is 9.72 Å². The van der Waals surface area contributed by atoms with Crippen LogP contribution >= 0.6 is 0 Å². The van der Waals surface area contributed by atoms with Crippen LogP contribution in [0.15, 0.2) is 18.2 Å². The average molecular weight is 404 g/mol. The molecule has 0 aliphatic rings. The predicted octanol–water partition coefficient (Wildman–Crippen LogP) is 2.76. The number of nitrogens with one attached hydrogen (secondary N) is 1. The molecule has 1 aromatic heterocycles. The van der Waals surface area contributed by atoms with Gasteiger partial charge in [-0.15, -0.1) is 0 Å². The van der Waals surface area contributed by atoms with Gasteiger partial charge in [0.1, 0.15) is 0 Å². The van der Waals surface area contributed by atoms with Gasteiger partial charge in [-0.05, 0) is 38.5 Å². The van der Waals surface area contributed by atoms with Gasteiger partial charge in [-0.3, -0.25) is 14.9 Å². The maximum atomic E-state index is 12.8. The standard InChI is InChI=1S/C19H20N2O8/c1-9-15(19(24)28-5)10(2)20-16(9)17(22)11(3)29-14-7-6-12(18(23)27-4)8-13(14)21(25)26/h6-8,11,20H,1-5H3/t11-/m1/s1. The number of esters is 2. The number of nitrogens with zero attached hydrogens (tertiary/aromatic N) is 1.